The fourth-order valence-corrected chi connectivity index (χ4v) is 5.86. The summed E-state index contributed by atoms with van der Waals surface area (Å²) in [6.07, 6.45) is 0.725. The summed E-state index contributed by atoms with van der Waals surface area (Å²) < 4.78 is 1.09. The maximum Gasteiger partial charge on any atom is 0.233 e. The van der Waals surface area contributed by atoms with E-state index >= 15 is 0 Å². The lowest BCUT2D eigenvalue weighted by molar-refractivity contribution is -0.125. The highest BCUT2D eigenvalue weighted by molar-refractivity contribution is 9.10. The molecule has 1 N–H and O–H groups in total. The van der Waals surface area contributed by atoms with Crippen molar-refractivity contribution in [3.63, 3.8) is 0 Å². The average molecular weight is 420 g/mol. The minimum atomic E-state index is -0.558. The first-order valence-corrected chi connectivity index (χ1v) is 10.0. The van der Waals surface area contributed by atoms with Crippen LogP contribution < -0.4 is 5.32 Å². The Hall–Kier alpha value is -1.57. The maximum absolute atomic E-state index is 13.1. The molecule has 2 heterocycles. The van der Waals surface area contributed by atoms with Gasteiger partial charge in [0.1, 0.15) is 5.51 Å². The minimum Gasteiger partial charge on any atom is -0.300 e. The van der Waals surface area contributed by atoms with E-state index in [1.54, 1.807) is 16.8 Å². The van der Waals surface area contributed by atoms with Gasteiger partial charge in [0.05, 0.1) is 5.41 Å². The Morgan fingerprint density at radius 3 is 2.83 bits per heavy atom. The number of rotatable bonds is 3. The van der Waals surface area contributed by atoms with Crippen LogP contribution >= 0.6 is 38.6 Å². The number of thiophene rings is 1. The van der Waals surface area contributed by atoms with Crippen LogP contribution in [0.15, 0.2) is 45.7 Å². The van der Waals surface area contributed by atoms with E-state index in [-0.39, 0.29) is 11.8 Å². The van der Waals surface area contributed by atoms with Gasteiger partial charge in [-0.05, 0) is 40.4 Å². The molecule has 0 bridgehead atoms. The molecule has 0 saturated heterocycles. The number of hydrogen-bond acceptors (Lipinski definition) is 5. The summed E-state index contributed by atoms with van der Waals surface area (Å²) in [4.78, 5) is 14.4. The van der Waals surface area contributed by atoms with Crippen molar-refractivity contribution in [2.45, 2.75) is 19.3 Å². The van der Waals surface area contributed by atoms with Crippen LogP contribution in [0.3, 0.4) is 0 Å². The summed E-state index contributed by atoms with van der Waals surface area (Å²) in [5, 5.41) is 13.3. The van der Waals surface area contributed by atoms with Crippen molar-refractivity contribution in [1.29, 1.82) is 0 Å². The molecule has 4 rings (SSSR count). The van der Waals surface area contributed by atoms with Crippen molar-refractivity contribution in [2.24, 2.45) is 5.41 Å². The van der Waals surface area contributed by atoms with Gasteiger partial charge in [-0.15, -0.1) is 21.5 Å². The van der Waals surface area contributed by atoms with Crippen molar-refractivity contribution >= 4 is 49.6 Å². The zero-order chi connectivity index (χ0) is 16.7. The van der Waals surface area contributed by atoms with Crippen molar-refractivity contribution < 1.29 is 4.79 Å². The van der Waals surface area contributed by atoms with Crippen LogP contribution in [0.1, 0.15) is 28.8 Å². The highest BCUT2D eigenvalue weighted by Crippen LogP contribution is 2.55. The zero-order valence-corrected chi connectivity index (χ0v) is 16.0. The van der Waals surface area contributed by atoms with Gasteiger partial charge >= 0.3 is 0 Å². The fraction of sp³-hybridized carbons (Fsp3) is 0.235. The molecule has 1 aliphatic carbocycles. The molecule has 1 aromatic carbocycles. The van der Waals surface area contributed by atoms with E-state index in [0.717, 1.165) is 16.5 Å². The smallest absolute Gasteiger partial charge is 0.233 e. The molecule has 2 aromatic heterocycles. The topological polar surface area (TPSA) is 54.9 Å². The van der Waals surface area contributed by atoms with Crippen LogP contribution in [-0.2, 0) is 11.2 Å². The number of nitrogens with zero attached hydrogens (tertiary/aromatic N) is 2. The largest absolute Gasteiger partial charge is 0.300 e. The molecule has 0 spiro atoms. The van der Waals surface area contributed by atoms with Crippen molar-refractivity contribution in [2.75, 3.05) is 5.32 Å². The van der Waals surface area contributed by atoms with Crippen molar-refractivity contribution in [3.05, 3.63) is 61.7 Å². The first-order valence-electron chi connectivity index (χ1n) is 7.48. The lowest BCUT2D eigenvalue weighted by Crippen LogP contribution is -2.37. The number of halogens is 1. The van der Waals surface area contributed by atoms with Crippen molar-refractivity contribution in [3.8, 4) is 0 Å². The highest BCUT2D eigenvalue weighted by atomic mass is 79.9. The van der Waals surface area contributed by atoms with E-state index in [9.17, 15) is 4.79 Å². The van der Waals surface area contributed by atoms with E-state index in [0.29, 0.717) is 5.13 Å². The number of aromatic nitrogens is 2. The highest BCUT2D eigenvalue weighted by Gasteiger charge is 2.50. The first kappa shape index (κ1) is 15.9. The third kappa shape index (κ3) is 2.51. The molecule has 0 aliphatic heterocycles. The summed E-state index contributed by atoms with van der Waals surface area (Å²) >= 11 is 6.72. The molecule has 3 aromatic rings. The molecular weight excluding hydrogens is 406 g/mol. The average Bonchev–Trinajstić information content (AvgIpc) is 3.27. The Balaban J connectivity index is 1.78. The van der Waals surface area contributed by atoms with Gasteiger partial charge in [-0.25, -0.2) is 0 Å². The molecular formula is C17H14BrN3OS2. The molecule has 4 nitrogen and oxygen atoms in total. The Labute approximate surface area is 156 Å². The minimum absolute atomic E-state index is 0.0107. The van der Waals surface area contributed by atoms with Crippen molar-refractivity contribution in [1.82, 2.24) is 10.2 Å². The Morgan fingerprint density at radius 2 is 2.12 bits per heavy atom. The summed E-state index contributed by atoms with van der Waals surface area (Å²) in [6, 6.07) is 10.2. The Morgan fingerprint density at radius 1 is 1.33 bits per heavy atom. The number of anilines is 1. The van der Waals surface area contributed by atoms with Gasteiger partial charge in [0.2, 0.25) is 11.0 Å². The van der Waals surface area contributed by atoms with Gasteiger partial charge in [-0.1, -0.05) is 41.7 Å². The molecule has 24 heavy (non-hydrogen) atoms. The molecule has 1 amide bonds. The van der Waals surface area contributed by atoms with E-state index in [1.165, 1.54) is 21.8 Å². The Kier molecular flexibility index (Phi) is 4.02. The number of amides is 1. The number of carbonyl (C=O) groups is 1. The van der Waals surface area contributed by atoms with Crippen LogP contribution in [0, 0.1) is 5.41 Å². The van der Waals surface area contributed by atoms with E-state index < -0.39 is 5.41 Å². The quantitative estimate of drug-likeness (QED) is 0.669. The molecule has 2 atom stereocenters. The van der Waals surface area contributed by atoms with Crippen LogP contribution in [0.4, 0.5) is 5.13 Å². The molecule has 7 heteroatoms. The summed E-state index contributed by atoms with van der Waals surface area (Å²) in [5.74, 6) is 0.00523. The standard InChI is InChI=1S/C17H14BrN3OS2/c1-17(15(22)20-16-21-19-9-24-16)7-12-13(11(18)8-23-12)14(17)10-5-3-2-4-6-10/h2-6,8-9,14H,7H2,1H3,(H,20,21,22)/t14-,17+/m1/s1. The van der Waals surface area contributed by atoms with Gasteiger partial charge in [0.25, 0.3) is 0 Å². The van der Waals surface area contributed by atoms with Gasteiger partial charge in [-0.2, -0.15) is 0 Å². The monoisotopic (exact) mass is 419 g/mol. The lowest BCUT2D eigenvalue weighted by Gasteiger charge is -2.31. The van der Waals surface area contributed by atoms with E-state index in [2.05, 4.69) is 49.0 Å². The fourth-order valence-electron chi connectivity index (χ4n) is 3.43. The molecule has 1 aliphatic rings. The van der Waals surface area contributed by atoms with Gasteiger partial charge in [0.15, 0.2) is 0 Å². The number of hydrogen-bond donors (Lipinski definition) is 1. The third-order valence-corrected chi connectivity index (χ3v) is 7.12. The summed E-state index contributed by atoms with van der Waals surface area (Å²) in [5.41, 5.74) is 3.46. The van der Waals surface area contributed by atoms with E-state index in [4.69, 9.17) is 0 Å². The number of nitrogens with one attached hydrogen (secondary N) is 1. The summed E-state index contributed by atoms with van der Waals surface area (Å²) in [6.45, 7) is 2.04. The number of carbonyl (C=O) groups excluding carboxylic acids is 1. The van der Waals surface area contributed by atoms with Gasteiger partial charge in [0, 0.05) is 20.6 Å². The second-order valence-electron chi connectivity index (χ2n) is 6.06. The second kappa shape index (κ2) is 6.06. The molecule has 0 unspecified atom stereocenters. The van der Waals surface area contributed by atoms with Gasteiger partial charge in [-0.3, -0.25) is 4.79 Å². The van der Waals surface area contributed by atoms with E-state index in [1.807, 2.05) is 25.1 Å². The molecule has 0 saturated carbocycles. The maximum atomic E-state index is 13.1. The van der Waals surface area contributed by atoms with Crippen LogP contribution in [0.5, 0.6) is 0 Å². The van der Waals surface area contributed by atoms with Crippen LogP contribution in [-0.4, -0.2) is 16.1 Å². The van der Waals surface area contributed by atoms with Gasteiger partial charge < -0.3 is 5.32 Å². The zero-order valence-electron chi connectivity index (χ0n) is 12.8. The predicted molar refractivity (Wildman–Crippen MR) is 101 cm³/mol. The van der Waals surface area contributed by atoms with Crippen LogP contribution in [0.25, 0.3) is 0 Å². The third-order valence-electron chi connectivity index (χ3n) is 4.55. The first-order chi connectivity index (χ1) is 11.6. The SMILES string of the molecule is C[C@]1(C(=O)Nc2nncs2)Cc2scc(Br)c2[C@H]1c1ccccc1. The second-order valence-corrected chi connectivity index (χ2v) is 8.71. The molecule has 122 valence electrons. The van der Waals surface area contributed by atoms with Crippen LogP contribution in [0.2, 0.25) is 0 Å². The predicted octanol–water partition coefficient (Wildman–Crippen LogP) is 4.70. The molecule has 0 radical (unpaired) electrons. The number of benzene rings is 1. The lowest BCUT2D eigenvalue weighted by atomic mass is 9.73. The summed E-state index contributed by atoms with van der Waals surface area (Å²) in [7, 11) is 0. The number of fused-ring (bicyclic) bond motifs is 1. The Bertz CT molecular complexity index is 879. The molecule has 0 fully saturated rings. The normalized spacial score (nSPS) is 22.3.